The van der Waals surface area contributed by atoms with Gasteiger partial charge in [-0.2, -0.15) is 0 Å². The van der Waals surface area contributed by atoms with E-state index < -0.39 is 0 Å². The Balaban J connectivity index is 2.27. The van der Waals surface area contributed by atoms with Gasteiger partial charge in [0.1, 0.15) is 23.1 Å². The van der Waals surface area contributed by atoms with Crippen molar-refractivity contribution >= 4 is 5.69 Å². The molecule has 0 aliphatic carbocycles. The third-order valence-electron chi connectivity index (χ3n) is 3.01. The van der Waals surface area contributed by atoms with E-state index >= 15 is 0 Å². The van der Waals surface area contributed by atoms with E-state index in [0.717, 1.165) is 0 Å². The molecule has 0 bridgehead atoms. The van der Waals surface area contributed by atoms with Crippen molar-refractivity contribution in [3.8, 4) is 17.2 Å². The van der Waals surface area contributed by atoms with E-state index in [9.17, 15) is 14.6 Å². The second-order valence-electron chi connectivity index (χ2n) is 4.45. The Morgan fingerprint density at radius 3 is 2.60 bits per heavy atom. The molecule has 1 unspecified atom stereocenters. The summed E-state index contributed by atoms with van der Waals surface area (Å²) >= 11 is 0. The van der Waals surface area contributed by atoms with Crippen LogP contribution in [0.3, 0.4) is 0 Å². The minimum absolute atomic E-state index is 0.0671. The lowest BCUT2D eigenvalue weighted by molar-refractivity contribution is 0.412. The van der Waals surface area contributed by atoms with Crippen molar-refractivity contribution in [1.29, 1.82) is 0 Å². The highest BCUT2D eigenvalue weighted by Gasteiger charge is 2.13. The molecule has 4 nitrogen and oxygen atoms in total. The van der Waals surface area contributed by atoms with E-state index in [4.69, 9.17) is 4.74 Å². The van der Waals surface area contributed by atoms with E-state index in [1.807, 2.05) is 6.92 Å². The van der Waals surface area contributed by atoms with E-state index in [2.05, 4.69) is 5.32 Å². The highest BCUT2D eigenvalue weighted by molar-refractivity contribution is 5.58. The van der Waals surface area contributed by atoms with Gasteiger partial charge in [0, 0.05) is 11.6 Å². The standard InChI is InChI=1S/C15H16FNO3/c1-9(12-8-11(18)4-6-14(12)19)17-13-5-3-10(16)7-15(13)20-2/h3-9,17-19H,1-2H3. The lowest BCUT2D eigenvalue weighted by atomic mass is 10.1. The first-order valence-corrected chi connectivity index (χ1v) is 6.13. The van der Waals surface area contributed by atoms with Crippen molar-refractivity contribution in [3.63, 3.8) is 0 Å². The number of phenols is 2. The van der Waals surface area contributed by atoms with Crippen LogP contribution in [0.4, 0.5) is 10.1 Å². The van der Waals surface area contributed by atoms with Crippen molar-refractivity contribution in [2.24, 2.45) is 0 Å². The number of halogens is 1. The molecule has 0 amide bonds. The zero-order valence-electron chi connectivity index (χ0n) is 11.2. The molecule has 0 aliphatic rings. The number of nitrogens with one attached hydrogen (secondary N) is 1. The largest absolute Gasteiger partial charge is 0.508 e. The van der Waals surface area contributed by atoms with Gasteiger partial charge in [0.05, 0.1) is 18.8 Å². The fourth-order valence-corrected chi connectivity index (χ4v) is 1.98. The van der Waals surface area contributed by atoms with Crippen molar-refractivity contribution in [2.75, 3.05) is 12.4 Å². The molecule has 2 rings (SSSR count). The number of methoxy groups -OCH3 is 1. The maximum absolute atomic E-state index is 13.1. The van der Waals surface area contributed by atoms with Crippen molar-refractivity contribution in [3.05, 3.63) is 47.8 Å². The average Bonchev–Trinajstić information content (AvgIpc) is 2.43. The smallest absolute Gasteiger partial charge is 0.144 e. The lowest BCUT2D eigenvalue weighted by Crippen LogP contribution is -2.08. The Bertz CT molecular complexity index is 616. The topological polar surface area (TPSA) is 61.7 Å². The van der Waals surface area contributed by atoms with Crippen LogP contribution in [-0.4, -0.2) is 17.3 Å². The molecule has 3 N–H and O–H groups in total. The highest BCUT2D eigenvalue weighted by atomic mass is 19.1. The Labute approximate surface area is 116 Å². The molecule has 2 aromatic rings. The number of hydrogen-bond acceptors (Lipinski definition) is 4. The first-order valence-electron chi connectivity index (χ1n) is 6.13. The fourth-order valence-electron chi connectivity index (χ4n) is 1.98. The zero-order chi connectivity index (χ0) is 14.7. The number of rotatable bonds is 4. The Morgan fingerprint density at radius 1 is 1.15 bits per heavy atom. The zero-order valence-corrected chi connectivity index (χ0v) is 11.2. The summed E-state index contributed by atoms with van der Waals surface area (Å²) < 4.78 is 18.2. The van der Waals surface area contributed by atoms with Crippen LogP contribution in [-0.2, 0) is 0 Å². The number of aromatic hydroxyl groups is 2. The molecule has 5 heteroatoms. The predicted octanol–water partition coefficient (Wildman–Crippen LogP) is 3.42. The van der Waals surface area contributed by atoms with Gasteiger partial charge in [-0.1, -0.05) is 0 Å². The Hall–Kier alpha value is -2.43. The van der Waals surface area contributed by atoms with E-state index in [1.54, 1.807) is 6.07 Å². The van der Waals surface area contributed by atoms with Crippen LogP contribution in [0.5, 0.6) is 17.2 Å². The summed E-state index contributed by atoms with van der Waals surface area (Å²) in [6.45, 7) is 1.82. The molecular weight excluding hydrogens is 261 g/mol. The summed E-state index contributed by atoms with van der Waals surface area (Å²) in [6.07, 6.45) is 0. The van der Waals surface area contributed by atoms with Crippen LogP contribution < -0.4 is 10.1 Å². The number of ether oxygens (including phenoxy) is 1. The van der Waals surface area contributed by atoms with Gasteiger partial charge < -0.3 is 20.3 Å². The summed E-state index contributed by atoms with van der Waals surface area (Å²) in [5.41, 5.74) is 1.14. The third-order valence-corrected chi connectivity index (χ3v) is 3.01. The quantitative estimate of drug-likeness (QED) is 0.749. The van der Waals surface area contributed by atoms with E-state index in [-0.39, 0.29) is 23.4 Å². The SMILES string of the molecule is COc1cc(F)ccc1NC(C)c1cc(O)ccc1O. The minimum atomic E-state index is -0.389. The Morgan fingerprint density at radius 2 is 1.90 bits per heavy atom. The average molecular weight is 277 g/mol. The summed E-state index contributed by atoms with van der Waals surface area (Å²) in [4.78, 5) is 0. The van der Waals surface area contributed by atoms with Gasteiger partial charge in [0.2, 0.25) is 0 Å². The molecule has 0 aromatic heterocycles. The van der Waals surface area contributed by atoms with Crippen LogP contribution >= 0.6 is 0 Å². The monoisotopic (exact) mass is 277 g/mol. The van der Waals surface area contributed by atoms with Crippen molar-refractivity contribution in [1.82, 2.24) is 0 Å². The summed E-state index contributed by atoms with van der Waals surface area (Å²) in [5.74, 6) is 0.123. The molecule has 0 aliphatic heterocycles. The number of anilines is 1. The third kappa shape index (κ3) is 2.93. The fraction of sp³-hybridized carbons (Fsp3) is 0.200. The van der Waals surface area contributed by atoms with Gasteiger partial charge in [-0.3, -0.25) is 0 Å². The molecule has 0 radical (unpaired) electrons. The molecule has 0 spiro atoms. The molecule has 20 heavy (non-hydrogen) atoms. The molecule has 0 fully saturated rings. The maximum Gasteiger partial charge on any atom is 0.144 e. The molecule has 0 saturated carbocycles. The Kier molecular flexibility index (Phi) is 3.98. The minimum Gasteiger partial charge on any atom is -0.508 e. The van der Waals surface area contributed by atoms with Gasteiger partial charge in [-0.05, 0) is 37.3 Å². The number of phenolic OH excluding ortho intramolecular Hbond substituents is 2. The molecular formula is C15H16FNO3. The van der Waals surface area contributed by atoms with Crippen LogP contribution in [0, 0.1) is 5.82 Å². The maximum atomic E-state index is 13.1. The van der Waals surface area contributed by atoms with Crippen molar-refractivity contribution in [2.45, 2.75) is 13.0 Å². The normalized spacial score (nSPS) is 11.9. The molecule has 2 aromatic carbocycles. The summed E-state index contributed by atoms with van der Waals surface area (Å²) in [5, 5.41) is 22.4. The first-order chi connectivity index (χ1) is 9.51. The second-order valence-corrected chi connectivity index (χ2v) is 4.45. The van der Waals surface area contributed by atoms with Crippen LogP contribution in [0.2, 0.25) is 0 Å². The van der Waals surface area contributed by atoms with Crippen LogP contribution in [0.25, 0.3) is 0 Å². The van der Waals surface area contributed by atoms with Gasteiger partial charge in [-0.25, -0.2) is 4.39 Å². The molecule has 0 heterocycles. The van der Waals surface area contributed by atoms with Gasteiger partial charge in [-0.15, -0.1) is 0 Å². The summed E-state index contributed by atoms with van der Waals surface area (Å²) in [6, 6.07) is 8.17. The molecule has 1 atom stereocenters. The van der Waals surface area contributed by atoms with Crippen LogP contribution in [0.1, 0.15) is 18.5 Å². The van der Waals surface area contributed by atoms with Crippen LogP contribution in [0.15, 0.2) is 36.4 Å². The highest BCUT2D eigenvalue weighted by Crippen LogP contribution is 2.33. The molecule has 106 valence electrons. The number of hydrogen-bond donors (Lipinski definition) is 3. The van der Waals surface area contributed by atoms with E-state index in [1.165, 1.54) is 37.4 Å². The second kappa shape index (κ2) is 5.69. The first kappa shape index (κ1) is 14.0. The van der Waals surface area contributed by atoms with Crippen molar-refractivity contribution < 1.29 is 19.3 Å². The van der Waals surface area contributed by atoms with Gasteiger partial charge >= 0.3 is 0 Å². The summed E-state index contributed by atoms with van der Waals surface area (Å²) in [7, 11) is 1.45. The lowest BCUT2D eigenvalue weighted by Gasteiger charge is -2.19. The van der Waals surface area contributed by atoms with Gasteiger partial charge in [0.25, 0.3) is 0 Å². The van der Waals surface area contributed by atoms with Gasteiger partial charge in [0.15, 0.2) is 0 Å². The predicted molar refractivity (Wildman–Crippen MR) is 74.8 cm³/mol. The molecule has 0 saturated heterocycles. The van der Waals surface area contributed by atoms with E-state index in [0.29, 0.717) is 17.0 Å². The number of benzene rings is 2.